The molecule has 0 aliphatic heterocycles. The number of carbonyl (C=O) groups is 2. The van der Waals surface area contributed by atoms with Crippen molar-refractivity contribution in [1.29, 1.82) is 0 Å². The van der Waals surface area contributed by atoms with Gasteiger partial charge in [-0.2, -0.15) is 0 Å². The van der Waals surface area contributed by atoms with Crippen LogP contribution in [0, 0.1) is 0 Å². The van der Waals surface area contributed by atoms with Crippen molar-refractivity contribution in [1.82, 2.24) is 0 Å². The first-order chi connectivity index (χ1) is 7.19. The zero-order valence-corrected chi connectivity index (χ0v) is 9.19. The molecule has 0 spiro atoms. The van der Waals surface area contributed by atoms with Crippen LogP contribution < -0.4 is 0 Å². The third-order valence-corrected chi connectivity index (χ3v) is 2.68. The first-order valence-electron chi connectivity index (χ1n) is 5.25. The highest BCUT2D eigenvalue weighted by Crippen LogP contribution is 2.19. The molecule has 2 heteroatoms. The lowest BCUT2D eigenvalue weighted by Gasteiger charge is -2.08. The van der Waals surface area contributed by atoms with Gasteiger partial charge in [-0.05, 0) is 17.9 Å². The maximum absolute atomic E-state index is 11.4. The van der Waals surface area contributed by atoms with Crippen LogP contribution >= 0.6 is 0 Å². The standard InChI is InChI=1S/C13H16O2/c1-3-10(2)11-4-6-12(7-5-11)13(15)8-9-14/h4-7,9-10H,3,8H2,1-2H3. The van der Waals surface area contributed by atoms with Crippen molar-refractivity contribution in [2.75, 3.05) is 0 Å². The van der Waals surface area contributed by atoms with Gasteiger partial charge in [-0.25, -0.2) is 0 Å². The first kappa shape index (κ1) is 11.6. The lowest BCUT2D eigenvalue weighted by molar-refractivity contribution is -0.107. The van der Waals surface area contributed by atoms with E-state index >= 15 is 0 Å². The molecule has 0 fully saturated rings. The Morgan fingerprint density at radius 1 is 1.33 bits per heavy atom. The van der Waals surface area contributed by atoms with Crippen molar-refractivity contribution in [2.45, 2.75) is 32.6 Å². The summed E-state index contributed by atoms with van der Waals surface area (Å²) in [6, 6.07) is 7.53. The zero-order chi connectivity index (χ0) is 11.3. The van der Waals surface area contributed by atoms with E-state index in [4.69, 9.17) is 0 Å². The summed E-state index contributed by atoms with van der Waals surface area (Å²) in [6.07, 6.45) is 1.70. The molecule has 2 nitrogen and oxygen atoms in total. The van der Waals surface area contributed by atoms with Crippen LogP contribution in [0.3, 0.4) is 0 Å². The van der Waals surface area contributed by atoms with E-state index in [0.29, 0.717) is 17.8 Å². The van der Waals surface area contributed by atoms with Gasteiger partial charge in [0, 0.05) is 5.56 Å². The fourth-order valence-corrected chi connectivity index (χ4v) is 1.43. The Morgan fingerprint density at radius 2 is 1.93 bits per heavy atom. The van der Waals surface area contributed by atoms with E-state index in [1.54, 1.807) is 12.1 Å². The molecule has 15 heavy (non-hydrogen) atoms. The van der Waals surface area contributed by atoms with Gasteiger partial charge in [0.15, 0.2) is 5.78 Å². The predicted molar refractivity (Wildman–Crippen MR) is 60.2 cm³/mol. The molecule has 0 amide bonds. The molecule has 1 atom stereocenters. The maximum Gasteiger partial charge on any atom is 0.169 e. The summed E-state index contributed by atoms with van der Waals surface area (Å²) in [5.74, 6) is 0.404. The van der Waals surface area contributed by atoms with Gasteiger partial charge in [-0.15, -0.1) is 0 Å². The van der Waals surface area contributed by atoms with E-state index in [9.17, 15) is 9.59 Å². The molecule has 0 heterocycles. The lowest BCUT2D eigenvalue weighted by atomic mass is 9.96. The van der Waals surface area contributed by atoms with Crippen LogP contribution in [0.5, 0.6) is 0 Å². The molecular weight excluding hydrogens is 188 g/mol. The van der Waals surface area contributed by atoms with Crippen molar-refractivity contribution in [2.24, 2.45) is 0 Å². The quantitative estimate of drug-likeness (QED) is 0.420. The molecule has 0 aliphatic carbocycles. The summed E-state index contributed by atoms with van der Waals surface area (Å²) in [5, 5.41) is 0. The van der Waals surface area contributed by atoms with Crippen molar-refractivity contribution < 1.29 is 9.59 Å². The molecule has 0 N–H and O–H groups in total. The van der Waals surface area contributed by atoms with E-state index in [-0.39, 0.29) is 12.2 Å². The van der Waals surface area contributed by atoms with Crippen LogP contribution in [0.2, 0.25) is 0 Å². The molecular formula is C13H16O2. The number of benzene rings is 1. The molecule has 80 valence electrons. The third-order valence-electron chi connectivity index (χ3n) is 2.68. The highest BCUT2D eigenvalue weighted by Gasteiger charge is 2.06. The molecule has 1 rings (SSSR count). The van der Waals surface area contributed by atoms with Gasteiger partial charge in [0.2, 0.25) is 0 Å². The average Bonchev–Trinajstić information content (AvgIpc) is 2.28. The highest BCUT2D eigenvalue weighted by molar-refractivity contribution is 6.02. The largest absolute Gasteiger partial charge is 0.303 e. The van der Waals surface area contributed by atoms with Crippen LogP contribution in [0.15, 0.2) is 24.3 Å². The summed E-state index contributed by atoms with van der Waals surface area (Å²) in [7, 11) is 0. The fraction of sp³-hybridized carbons (Fsp3) is 0.385. The monoisotopic (exact) mass is 204 g/mol. The van der Waals surface area contributed by atoms with Crippen LogP contribution in [-0.4, -0.2) is 12.1 Å². The molecule has 0 saturated carbocycles. The second kappa shape index (κ2) is 5.44. The van der Waals surface area contributed by atoms with Crippen LogP contribution in [-0.2, 0) is 4.79 Å². The van der Waals surface area contributed by atoms with Gasteiger partial charge < -0.3 is 4.79 Å². The Morgan fingerprint density at radius 3 is 2.40 bits per heavy atom. The van der Waals surface area contributed by atoms with E-state index in [1.165, 1.54) is 5.56 Å². The average molecular weight is 204 g/mol. The van der Waals surface area contributed by atoms with Crippen LogP contribution in [0.4, 0.5) is 0 Å². The molecule has 0 saturated heterocycles. The normalized spacial score (nSPS) is 12.1. The first-order valence-corrected chi connectivity index (χ1v) is 5.25. The number of aldehydes is 1. The Hall–Kier alpha value is -1.44. The number of hydrogen-bond acceptors (Lipinski definition) is 2. The summed E-state index contributed by atoms with van der Waals surface area (Å²) in [5.41, 5.74) is 1.86. The van der Waals surface area contributed by atoms with Crippen LogP contribution in [0.1, 0.15) is 48.5 Å². The molecule has 0 aliphatic rings. The summed E-state index contributed by atoms with van der Waals surface area (Å²) in [6.45, 7) is 4.29. The molecule has 1 aromatic carbocycles. The van der Waals surface area contributed by atoms with Gasteiger partial charge in [0.05, 0.1) is 6.42 Å². The molecule has 1 unspecified atom stereocenters. The summed E-state index contributed by atoms with van der Waals surface area (Å²) < 4.78 is 0. The Kier molecular flexibility index (Phi) is 4.22. The topological polar surface area (TPSA) is 34.1 Å². The Labute approximate surface area is 90.3 Å². The van der Waals surface area contributed by atoms with Crippen molar-refractivity contribution >= 4 is 12.1 Å². The van der Waals surface area contributed by atoms with Gasteiger partial charge in [-0.3, -0.25) is 4.79 Å². The lowest BCUT2D eigenvalue weighted by Crippen LogP contribution is -2.00. The highest BCUT2D eigenvalue weighted by atomic mass is 16.1. The SMILES string of the molecule is CCC(C)c1ccc(C(=O)CC=O)cc1. The van der Waals surface area contributed by atoms with Crippen molar-refractivity contribution in [3.8, 4) is 0 Å². The number of carbonyl (C=O) groups excluding carboxylic acids is 2. The Balaban J connectivity index is 2.80. The Bertz CT molecular complexity index is 338. The van der Waals surface area contributed by atoms with Crippen LogP contribution in [0.25, 0.3) is 0 Å². The molecule has 0 aromatic heterocycles. The van der Waals surface area contributed by atoms with E-state index in [1.807, 2.05) is 12.1 Å². The van der Waals surface area contributed by atoms with Crippen molar-refractivity contribution in [3.63, 3.8) is 0 Å². The number of rotatable bonds is 5. The summed E-state index contributed by atoms with van der Waals surface area (Å²) >= 11 is 0. The van der Waals surface area contributed by atoms with E-state index in [0.717, 1.165) is 6.42 Å². The minimum Gasteiger partial charge on any atom is -0.303 e. The third kappa shape index (κ3) is 3.01. The smallest absolute Gasteiger partial charge is 0.169 e. The number of ketones is 1. The minimum atomic E-state index is -0.110. The number of hydrogen-bond donors (Lipinski definition) is 0. The van der Waals surface area contributed by atoms with E-state index < -0.39 is 0 Å². The van der Waals surface area contributed by atoms with Crippen molar-refractivity contribution in [3.05, 3.63) is 35.4 Å². The fourth-order valence-electron chi connectivity index (χ4n) is 1.43. The second-order valence-electron chi connectivity index (χ2n) is 3.73. The maximum atomic E-state index is 11.4. The zero-order valence-electron chi connectivity index (χ0n) is 9.19. The molecule has 0 radical (unpaired) electrons. The summed E-state index contributed by atoms with van der Waals surface area (Å²) in [4.78, 5) is 21.6. The minimum absolute atomic E-state index is 0.0251. The second-order valence-corrected chi connectivity index (χ2v) is 3.73. The van der Waals surface area contributed by atoms with Gasteiger partial charge in [-0.1, -0.05) is 38.1 Å². The van der Waals surface area contributed by atoms with Gasteiger partial charge >= 0.3 is 0 Å². The van der Waals surface area contributed by atoms with Gasteiger partial charge in [0.25, 0.3) is 0 Å². The number of Topliss-reactive ketones (excluding diaryl/α,β-unsaturated/α-hetero) is 1. The predicted octanol–water partition coefficient (Wildman–Crippen LogP) is 2.97. The molecule has 1 aromatic rings. The molecule has 0 bridgehead atoms. The van der Waals surface area contributed by atoms with E-state index in [2.05, 4.69) is 13.8 Å². The van der Waals surface area contributed by atoms with Gasteiger partial charge in [0.1, 0.15) is 6.29 Å².